The molecule has 2 N–H and O–H groups in total. The summed E-state index contributed by atoms with van der Waals surface area (Å²) in [5.41, 5.74) is 6.34. The van der Waals surface area contributed by atoms with Gasteiger partial charge in [-0.1, -0.05) is 12.8 Å². The standard InChI is InChI=1S/C16H22N2O3/c17-7-8-18(13-3-1-2-4-13)16(19)12-5-6-14-15(11-12)21-10-9-20-14/h5-6,11,13H,1-4,7-10,17H2. The Morgan fingerprint density at radius 3 is 2.62 bits per heavy atom. The first-order valence-electron chi connectivity index (χ1n) is 7.70. The van der Waals surface area contributed by atoms with Gasteiger partial charge in [0.15, 0.2) is 11.5 Å². The molecule has 0 spiro atoms. The molecule has 0 atom stereocenters. The van der Waals surface area contributed by atoms with E-state index in [0.29, 0.717) is 49.4 Å². The average molecular weight is 290 g/mol. The molecule has 0 bridgehead atoms. The van der Waals surface area contributed by atoms with Gasteiger partial charge in [0.25, 0.3) is 5.91 Å². The van der Waals surface area contributed by atoms with Crippen LogP contribution in [0.25, 0.3) is 0 Å². The van der Waals surface area contributed by atoms with Gasteiger partial charge >= 0.3 is 0 Å². The molecule has 1 aliphatic heterocycles. The fourth-order valence-corrected chi connectivity index (χ4v) is 3.15. The lowest BCUT2D eigenvalue weighted by atomic mass is 10.1. The van der Waals surface area contributed by atoms with Gasteiger partial charge in [-0.3, -0.25) is 4.79 Å². The molecule has 1 aliphatic carbocycles. The molecule has 1 heterocycles. The molecule has 1 saturated carbocycles. The lowest BCUT2D eigenvalue weighted by molar-refractivity contribution is 0.0687. The summed E-state index contributed by atoms with van der Waals surface area (Å²) in [6, 6.07) is 5.75. The first kappa shape index (κ1) is 14.2. The number of nitrogens with zero attached hydrogens (tertiary/aromatic N) is 1. The Morgan fingerprint density at radius 2 is 1.90 bits per heavy atom. The molecule has 1 aromatic rings. The van der Waals surface area contributed by atoms with Crippen LogP contribution in [0.1, 0.15) is 36.0 Å². The van der Waals surface area contributed by atoms with Crippen LogP contribution >= 0.6 is 0 Å². The lowest BCUT2D eigenvalue weighted by Gasteiger charge is -2.29. The Balaban J connectivity index is 1.81. The Bertz CT molecular complexity index is 512. The van der Waals surface area contributed by atoms with E-state index in [9.17, 15) is 4.79 Å². The topological polar surface area (TPSA) is 64.8 Å². The van der Waals surface area contributed by atoms with E-state index >= 15 is 0 Å². The van der Waals surface area contributed by atoms with Crippen LogP contribution in [0, 0.1) is 0 Å². The van der Waals surface area contributed by atoms with E-state index in [0.717, 1.165) is 12.8 Å². The van der Waals surface area contributed by atoms with E-state index < -0.39 is 0 Å². The minimum absolute atomic E-state index is 0.0457. The summed E-state index contributed by atoms with van der Waals surface area (Å²) in [5, 5.41) is 0. The number of carbonyl (C=O) groups excluding carboxylic acids is 1. The summed E-state index contributed by atoms with van der Waals surface area (Å²) in [4.78, 5) is 14.7. The highest BCUT2D eigenvalue weighted by Gasteiger charge is 2.27. The predicted molar refractivity (Wildman–Crippen MR) is 79.8 cm³/mol. The molecule has 5 heteroatoms. The Labute approximate surface area is 125 Å². The monoisotopic (exact) mass is 290 g/mol. The van der Waals surface area contributed by atoms with Crippen LogP contribution in [0.5, 0.6) is 11.5 Å². The molecule has 3 rings (SSSR count). The zero-order valence-electron chi connectivity index (χ0n) is 12.2. The number of ether oxygens (including phenoxy) is 2. The van der Waals surface area contributed by atoms with Crippen molar-refractivity contribution in [3.05, 3.63) is 23.8 Å². The quantitative estimate of drug-likeness (QED) is 0.918. The van der Waals surface area contributed by atoms with Crippen molar-refractivity contribution in [2.24, 2.45) is 5.73 Å². The van der Waals surface area contributed by atoms with Gasteiger partial charge in [0.05, 0.1) is 0 Å². The van der Waals surface area contributed by atoms with Gasteiger partial charge in [-0.2, -0.15) is 0 Å². The SMILES string of the molecule is NCCN(C(=O)c1ccc2c(c1)OCCO2)C1CCCC1. The summed E-state index contributed by atoms with van der Waals surface area (Å²) in [6.07, 6.45) is 4.55. The second-order valence-electron chi connectivity index (χ2n) is 5.58. The molecule has 0 unspecified atom stereocenters. The number of hydrogen-bond donors (Lipinski definition) is 1. The molecule has 21 heavy (non-hydrogen) atoms. The number of carbonyl (C=O) groups is 1. The normalized spacial score (nSPS) is 17.8. The minimum Gasteiger partial charge on any atom is -0.486 e. The van der Waals surface area contributed by atoms with Crippen LogP contribution in [0.4, 0.5) is 0 Å². The van der Waals surface area contributed by atoms with Crippen molar-refractivity contribution in [1.29, 1.82) is 0 Å². The molecule has 0 aromatic heterocycles. The molecule has 1 aromatic carbocycles. The van der Waals surface area contributed by atoms with E-state index in [1.807, 2.05) is 17.0 Å². The van der Waals surface area contributed by atoms with Crippen molar-refractivity contribution in [2.45, 2.75) is 31.7 Å². The molecule has 0 saturated heterocycles. The maximum absolute atomic E-state index is 12.8. The van der Waals surface area contributed by atoms with Crippen LogP contribution in [0.2, 0.25) is 0 Å². The van der Waals surface area contributed by atoms with E-state index in [4.69, 9.17) is 15.2 Å². The maximum atomic E-state index is 12.8. The molecule has 5 nitrogen and oxygen atoms in total. The van der Waals surface area contributed by atoms with Gasteiger partial charge in [-0.25, -0.2) is 0 Å². The van der Waals surface area contributed by atoms with Gasteiger partial charge in [0.1, 0.15) is 13.2 Å². The third kappa shape index (κ3) is 2.97. The van der Waals surface area contributed by atoms with Gasteiger partial charge in [-0.05, 0) is 31.0 Å². The van der Waals surface area contributed by atoms with Crippen LogP contribution in [-0.2, 0) is 0 Å². The largest absolute Gasteiger partial charge is 0.486 e. The Kier molecular flexibility index (Phi) is 4.29. The fraction of sp³-hybridized carbons (Fsp3) is 0.562. The highest BCUT2D eigenvalue weighted by atomic mass is 16.6. The summed E-state index contributed by atoms with van der Waals surface area (Å²) >= 11 is 0. The first-order chi connectivity index (χ1) is 10.3. The fourth-order valence-electron chi connectivity index (χ4n) is 3.15. The molecule has 114 valence electrons. The molecule has 1 fully saturated rings. The second-order valence-corrected chi connectivity index (χ2v) is 5.58. The minimum atomic E-state index is 0.0457. The van der Waals surface area contributed by atoms with Crippen molar-refractivity contribution in [1.82, 2.24) is 4.90 Å². The molecular formula is C16H22N2O3. The molecular weight excluding hydrogens is 268 g/mol. The van der Waals surface area contributed by atoms with Crippen LogP contribution < -0.4 is 15.2 Å². The van der Waals surface area contributed by atoms with Gasteiger partial charge in [-0.15, -0.1) is 0 Å². The van der Waals surface area contributed by atoms with Crippen molar-refractivity contribution in [3.8, 4) is 11.5 Å². The van der Waals surface area contributed by atoms with E-state index in [1.165, 1.54) is 12.8 Å². The van der Waals surface area contributed by atoms with Crippen molar-refractivity contribution in [3.63, 3.8) is 0 Å². The number of hydrogen-bond acceptors (Lipinski definition) is 4. The third-order valence-corrected chi connectivity index (χ3v) is 4.19. The van der Waals surface area contributed by atoms with Crippen LogP contribution in [0.15, 0.2) is 18.2 Å². The molecule has 0 radical (unpaired) electrons. The van der Waals surface area contributed by atoms with Crippen molar-refractivity contribution >= 4 is 5.91 Å². The van der Waals surface area contributed by atoms with E-state index in [1.54, 1.807) is 6.07 Å². The Morgan fingerprint density at radius 1 is 1.19 bits per heavy atom. The summed E-state index contributed by atoms with van der Waals surface area (Å²) in [5.74, 6) is 1.42. The van der Waals surface area contributed by atoms with E-state index in [-0.39, 0.29) is 5.91 Å². The Hall–Kier alpha value is -1.75. The summed E-state index contributed by atoms with van der Waals surface area (Å²) in [7, 11) is 0. The third-order valence-electron chi connectivity index (χ3n) is 4.19. The molecule has 2 aliphatic rings. The lowest BCUT2D eigenvalue weighted by Crippen LogP contribution is -2.42. The maximum Gasteiger partial charge on any atom is 0.254 e. The predicted octanol–water partition coefficient (Wildman–Crippen LogP) is 1.80. The number of rotatable bonds is 4. The summed E-state index contributed by atoms with van der Waals surface area (Å²) < 4.78 is 11.1. The highest BCUT2D eigenvalue weighted by molar-refractivity contribution is 5.95. The smallest absolute Gasteiger partial charge is 0.254 e. The number of fused-ring (bicyclic) bond motifs is 1. The highest BCUT2D eigenvalue weighted by Crippen LogP contribution is 2.32. The number of amides is 1. The second kappa shape index (κ2) is 6.35. The van der Waals surface area contributed by atoms with Crippen molar-refractivity contribution in [2.75, 3.05) is 26.3 Å². The van der Waals surface area contributed by atoms with Gasteiger partial charge < -0.3 is 20.1 Å². The average Bonchev–Trinajstić information content (AvgIpc) is 3.05. The number of benzene rings is 1. The first-order valence-corrected chi connectivity index (χ1v) is 7.70. The van der Waals surface area contributed by atoms with Gasteiger partial charge in [0, 0.05) is 24.7 Å². The zero-order valence-corrected chi connectivity index (χ0v) is 12.2. The number of nitrogens with two attached hydrogens (primary N) is 1. The van der Waals surface area contributed by atoms with Crippen LogP contribution in [-0.4, -0.2) is 43.2 Å². The zero-order chi connectivity index (χ0) is 14.7. The van der Waals surface area contributed by atoms with Crippen LogP contribution in [0.3, 0.4) is 0 Å². The van der Waals surface area contributed by atoms with Crippen molar-refractivity contribution < 1.29 is 14.3 Å². The van der Waals surface area contributed by atoms with Gasteiger partial charge in [0.2, 0.25) is 0 Å². The van der Waals surface area contributed by atoms with E-state index in [2.05, 4.69) is 0 Å². The summed E-state index contributed by atoms with van der Waals surface area (Å²) in [6.45, 7) is 2.19. The molecule has 1 amide bonds.